The topological polar surface area (TPSA) is 70.7 Å². The van der Waals surface area contributed by atoms with Gasteiger partial charge in [-0.2, -0.15) is 0 Å². The molecule has 2 N–H and O–H groups in total. The van der Waals surface area contributed by atoms with Gasteiger partial charge in [0, 0.05) is 20.6 Å². The van der Waals surface area contributed by atoms with Crippen molar-refractivity contribution in [3.05, 3.63) is 23.8 Å². The van der Waals surface area contributed by atoms with E-state index in [1.165, 1.54) is 0 Å². The number of anilines is 1. The molecule has 6 heteroatoms. The first-order valence-electron chi connectivity index (χ1n) is 6.47. The van der Waals surface area contributed by atoms with E-state index in [9.17, 15) is 9.59 Å². The highest BCUT2D eigenvalue weighted by molar-refractivity contribution is 5.95. The fraction of sp³-hybridized carbons (Fsp3) is 0.429. The van der Waals surface area contributed by atoms with E-state index < -0.39 is 0 Å². The molecular weight excluding hydrogens is 258 g/mol. The van der Waals surface area contributed by atoms with Gasteiger partial charge in [0.2, 0.25) is 5.91 Å². The molecule has 1 aliphatic heterocycles. The summed E-state index contributed by atoms with van der Waals surface area (Å²) in [5.41, 5.74) is 1.65. The second kappa shape index (κ2) is 5.92. The van der Waals surface area contributed by atoms with Gasteiger partial charge < -0.3 is 20.3 Å². The van der Waals surface area contributed by atoms with Crippen LogP contribution < -0.4 is 15.4 Å². The predicted molar refractivity (Wildman–Crippen MR) is 75.6 cm³/mol. The van der Waals surface area contributed by atoms with E-state index in [1.54, 1.807) is 19.0 Å². The second-order valence-corrected chi connectivity index (χ2v) is 5.00. The maximum atomic E-state index is 11.7. The van der Waals surface area contributed by atoms with E-state index in [4.69, 9.17) is 4.74 Å². The number of hydrogen-bond donors (Lipinski definition) is 2. The van der Waals surface area contributed by atoms with E-state index in [0.717, 1.165) is 5.56 Å². The average Bonchev–Trinajstić information content (AvgIpc) is 2.43. The summed E-state index contributed by atoms with van der Waals surface area (Å²) < 4.78 is 5.29. The molecular formula is C14H19N3O3. The SMILES string of the molecule is CC(NCc1ccc2c(c1)NC(=O)CO2)C(=O)N(C)C. The van der Waals surface area contributed by atoms with E-state index in [0.29, 0.717) is 18.0 Å². The lowest BCUT2D eigenvalue weighted by molar-refractivity contribution is -0.130. The van der Waals surface area contributed by atoms with Gasteiger partial charge in [0.05, 0.1) is 11.7 Å². The first-order chi connectivity index (χ1) is 9.47. The standard InChI is InChI=1S/C14H19N3O3/c1-9(14(19)17(2)3)15-7-10-4-5-12-11(6-10)16-13(18)8-20-12/h4-6,9,15H,7-8H2,1-3H3,(H,16,18). The molecule has 0 saturated carbocycles. The van der Waals surface area contributed by atoms with Crippen molar-refractivity contribution in [3.63, 3.8) is 0 Å². The van der Waals surface area contributed by atoms with Crippen LogP contribution in [-0.4, -0.2) is 43.5 Å². The Morgan fingerprint density at radius 2 is 2.25 bits per heavy atom. The molecule has 0 bridgehead atoms. The first-order valence-corrected chi connectivity index (χ1v) is 6.47. The van der Waals surface area contributed by atoms with E-state index in [1.807, 2.05) is 25.1 Å². The number of nitrogens with zero attached hydrogens (tertiary/aromatic N) is 1. The number of hydrogen-bond acceptors (Lipinski definition) is 4. The summed E-state index contributed by atoms with van der Waals surface area (Å²) in [7, 11) is 3.46. The molecule has 0 spiro atoms. The van der Waals surface area contributed by atoms with Crippen molar-refractivity contribution in [1.29, 1.82) is 0 Å². The van der Waals surface area contributed by atoms with Crippen LogP contribution >= 0.6 is 0 Å². The van der Waals surface area contributed by atoms with Gasteiger partial charge in [-0.25, -0.2) is 0 Å². The quantitative estimate of drug-likeness (QED) is 0.845. The molecule has 2 amide bonds. The molecule has 0 aromatic heterocycles. The van der Waals surface area contributed by atoms with Crippen molar-refractivity contribution in [1.82, 2.24) is 10.2 Å². The Bertz CT molecular complexity index is 528. The molecule has 0 aliphatic carbocycles. The van der Waals surface area contributed by atoms with E-state index in [2.05, 4.69) is 10.6 Å². The third kappa shape index (κ3) is 3.27. The number of benzene rings is 1. The number of fused-ring (bicyclic) bond motifs is 1. The van der Waals surface area contributed by atoms with Crippen LogP contribution in [0, 0.1) is 0 Å². The summed E-state index contributed by atoms with van der Waals surface area (Å²) in [6, 6.07) is 5.33. The summed E-state index contributed by atoms with van der Waals surface area (Å²) in [6.45, 7) is 2.43. The van der Waals surface area contributed by atoms with Crippen LogP contribution in [0.5, 0.6) is 5.75 Å². The summed E-state index contributed by atoms with van der Waals surface area (Å²) in [4.78, 5) is 24.5. The average molecular weight is 277 g/mol. The van der Waals surface area contributed by atoms with Gasteiger partial charge in [0.1, 0.15) is 5.75 Å². The van der Waals surface area contributed by atoms with Gasteiger partial charge in [0.25, 0.3) is 5.91 Å². The number of nitrogens with one attached hydrogen (secondary N) is 2. The largest absolute Gasteiger partial charge is 0.482 e. The van der Waals surface area contributed by atoms with Crippen molar-refractivity contribution in [2.24, 2.45) is 0 Å². The van der Waals surface area contributed by atoms with Crippen LogP contribution in [0.15, 0.2) is 18.2 Å². The zero-order valence-corrected chi connectivity index (χ0v) is 11.9. The minimum Gasteiger partial charge on any atom is -0.482 e. The number of carbonyl (C=O) groups is 2. The van der Waals surface area contributed by atoms with Crippen molar-refractivity contribution in [3.8, 4) is 5.75 Å². The Morgan fingerprint density at radius 1 is 1.50 bits per heavy atom. The Labute approximate surface area is 118 Å². The molecule has 6 nitrogen and oxygen atoms in total. The zero-order chi connectivity index (χ0) is 14.7. The summed E-state index contributed by atoms with van der Waals surface area (Å²) >= 11 is 0. The molecule has 1 unspecified atom stereocenters. The van der Waals surface area contributed by atoms with Crippen molar-refractivity contribution in [2.75, 3.05) is 26.0 Å². The Kier molecular flexibility index (Phi) is 4.24. The number of likely N-dealkylation sites (N-methyl/N-ethyl adjacent to an activating group) is 1. The molecule has 0 saturated heterocycles. The van der Waals surface area contributed by atoms with Gasteiger partial charge in [-0.3, -0.25) is 9.59 Å². The fourth-order valence-electron chi connectivity index (χ4n) is 1.99. The highest BCUT2D eigenvalue weighted by Crippen LogP contribution is 2.28. The van der Waals surface area contributed by atoms with E-state index in [-0.39, 0.29) is 24.5 Å². The van der Waals surface area contributed by atoms with Crippen molar-refractivity contribution < 1.29 is 14.3 Å². The normalized spacial score (nSPS) is 14.8. The number of amides is 2. The summed E-state index contributed by atoms with van der Waals surface area (Å²) in [6.07, 6.45) is 0. The van der Waals surface area contributed by atoms with Crippen molar-refractivity contribution >= 4 is 17.5 Å². The smallest absolute Gasteiger partial charge is 0.262 e. The third-order valence-electron chi connectivity index (χ3n) is 3.10. The maximum Gasteiger partial charge on any atom is 0.262 e. The summed E-state index contributed by atoms with van der Waals surface area (Å²) in [5.74, 6) is 0.545. The molecule has 108 valence electrons. The van der Waals surface area contributed by atoms with Crippen LogP contribution in [0.4, 0.5) is 5.69 Å². The number of ether oxygens (including phenoxy) is 1. The fourth-order valence-corrected chi connectivity index (χ4v) is 1.99. The Hall–Kier alpha value is -2.08. The minimum absolute atomic E-state index is 0.0274. The molecule has 1 aliphatic rings. The molecule has 20 heavy (non-hydrogen) atoms. The van der Waals surface area contributed by atoms with Gasteiger partial charge in [-0.15, -0.1) is 0 Å². The summed E-state index contributed by atoms with van der Waals surface area (Å²) in [5, 5.41) is 5.92. The van der Waals surface area contributed by atoms with Gasteiger partial charge in [-0.1, -0.05) is 6.07 Å². The Morgan fingerprint density at radius 3 is 2.95 bits per heavy atom. The second-order valence-electron chi connectivity index (χ2n) is 5.00. The number of carbonyl (C=O) groups excluding carboxylic acids is 2. The monoisotopic (exact) mass is 277 g/mol. The van der Waals surface area contributed by atoms with Crippen LogP contribution in [0.3, 0.4) is 0 Å². The molecule has 1 aromatic rings. The van der Waals surface area contributed by atoms with Gasteiger partial charge >= 0.3 is 0 Å². The lowest BCUT2D eigenvalue weighted by atomic mass is 10.1. The molecule has 1 aromatic carbocycles. The lowest BCUT2D eigenvalue weighted by Crippen LogP contribution is -2.41. The van der Waals surface area contributed by atoms with E-state index >= 15 is 0 Å². The predicted octanol–water partition coefficient (Wildman–Crippen LogP) is 0.584. The number of rotatable bonds is 4. The molecule has 1 heterocycles. The molecule has 1 atom stereocenters. The lowest BCUT2D eigenvalue weighted by Gasteiger charge is -2.20. The highest BCUT2D eigenvalue weighted by atomic mass is 16.5. The molecule has 2 rings (SSSR count). The van der Waals surface area contributed by atoms with Crippen LogP contribution in [0.1, 0.15) is 12.5 Å². The van der Waals surface area contributed by atoms with Crippen LogP contribution in [0.25, 0.3) is 0 Å². The molecule has 0 fully saturated rings. The Balaban J connectivity index is 1.99. The minimum atomic E-state index is -0.258. The van der Waals surface area contributed by atoms with Crippen LogP contribution in [-0.2, 0) is 16.1 Å². The van der Waals surface area contributed by atoms with Crippen LogP contribution in [0.2, 0.25) is 0 Å². The van der Waals surface area contributed by atoms with Crippen molar-refractivity contribution in [2.45, 2.75) is 19.5 Å². The zero-order valence-electron chi connectivity index (χ0n) is 11.9. The van der Waals surface area contributed by atoms with Gasteiger partial charge in [0.15, 0.2) is 6.61 Å². The van der Waals surface area contributed by atoms with Gasteiger partial charge in [-0.05, 0) is 24.6 Å². The molecule has 0 radical (unpaired) electrons. The third-order valence-corrected chi connectivity index (χ3v) is 3.10. The maximum absolute atomic E-state index is 11.7. The highest BCUT2D eigenvalue weighted by Gasteiger charge is 2.17. The first kappa shape index (κ1) is 14.3.